The summed E-state index contributed by atoms with van der Waals surface area (Å²) in [6.07, 6.45) is 0. The maximum atomic E-state index is 12.4. The highest BCUT2D eigenvalue weighted by atomic mass is 79.9. The molecule has 1 aromatic heterocycles. The molecular weight excluding hydrogens is 406 g/mol. The number of carbonyl (C=O) groups is 1. The van der Waals surface area contributed by atoms with E-state index in [1.165, 1.54) is 0 Å². The molecular formula is C18H25BrClN3O2. The van der Waals surface area contributed by atoms with Gasteiger partial charge in [0.15, 0.2) is 0 Å². The van der Waals surface area contributed by atoms with Gasteiger partial charge in [0, 0.05) is 48.3 Å². The van der Waals surface area contributed by atoms with Crippen LogP contribution in [-0.2, 0) is 4.74 Å². The Bertz CT molecular complexity index is 704. The van der Waals surface area contributed by atoms with E-state index in [0.29, 0.717) is 18.7 Å². The molecule has 2 aromatic rings. The summed E-state index contributed by atoms with van der Waals surface area (Å²) in [7, 11) is 1.67. The van der Waals surface area contributed by atoms with E-state index in [1.54, 1.807) is 7.11 Å². The predicted molar refractivity (Wildman–Crippen MR) is 107 cm³/mol. The Morgan fingerprint density at radius 1 is 1.20 bits per heavy atom. The number of hydrogen-bond acceptors (Lipinski definition) is 3. The van der Waals surface area contributed by atoms with E-state index in [0.717, 1.165) is 34.6 Å². The van der Waals surface area contributed by atoms with Gasteiger partial charge in [0.2, 0.25) is 0 Å². The number of amides is 1. The van der Waals surface area contributed by atoms with E-state index < -0.39 is 0 Å². The normalized spacial score (nSPS) is 10.4. The van der Waals surface area contributed by atoms with Gasteiger partial charge in [0.1, 0.15) is 0 Å². The average molecular weight is 431 g/mol. The molecule has 0 saturated heterocycles. The van der Waals surface area contributed by atoms with Crippen LogP contribution in [0.5, 0.6) is 0 Å². The minimum absolute atomic E-state index is 0. The zero-order valence-electron chi connectivity index (χ0n) is 14.8. The molecule has 0 unspecified atom stereocenters. The first-order valence-corrected chi connectivity index (χ1v) is 8.76. The van der Waals surface area contributed by atoms with Crippen molar-refractivity contribution in [3.63, 3.8) is 0 Å². The smallest absolute Gasteiger partial charge is 0.253 e. The number of nitrogens with one attached hydrogen (secondary N) is 2. The first-order chi connectivity index (χ1) is 11.5. The maximum absolute atomic E-state index is 12.4. The third-order valence-electron chi connectivity index (χ3n) is 3.81. The number of aryl methyl sites for hydroxylation is 1. The van der Waals surface area contributed by atoms with E-state index in [1.807, 2.05) is 44.2 Å². The monoisotopic (exact) mass is 429 g/mol. The number of hydrogen-bond donors (Lipinski definition) is 2. The van der Waals surface area contributed by atoms with E-state index >= 15 is 0 Å². The van der Waals surface area contributed by atoms with Gasteiger partial charge >= 0.3 is 0 Å². The maximum Gasteiger partial charge on any atom is 0.253 e. The van der Waals surface area contributed by atoms with E-state index in [-0.39, 0.29) is 18.3 Å². The lowest BCUT2D eigenvalue weighted by molar-refractivity contribution is 0.0953. The summed E-state index contributed by atoms with van der Waals surface area (Å²) >= 11 is 3.50. The summed E-state index contributed by atoms with van der Waals surface area (Å²) in [5.74, 6) is -0.0436. The van der Waals surface area contributed by atoms with Crippen molar-refractivity contribution in [3.8, 4) is 5.69 Å². The number of aromatic nitrogens is 1. The van der Waals surface area contributed by atoms with Crippen LogP contribution in [0.15, 0.2) is 34.8 Å². The molecule has 2 rings (SSSR count). The Labute approximate surface area is 163 Å². The summed E-state index contributed by atoms with van der Waals surface area (Å²) in [6, 6.07) is 9.99. The molecule has 0 atom stereocenters. The Kier molecular flexibility index (Phi) is 9.21. The van der Waals surface area contributed by atoms with Gasteiger partial charge in [-0.1, -0.05) is 22.0 Å². The number of rotatable bonds is 8. The van der Waals surface area contributed by atoms with E-state index in [9.17, 15) is 4.79 Å². The molecule has 25 heavy (non-hydrogen) atoms. The summed E-state index contributed by atoms with van der Waals surface area (Å²) < 4.78 is 8.07. The van der Waals surface area contributed by atoms with Crippen molar-refractivity contribution >= 4 is 34.2 Å². The number of benzene rings is 1. The molecule has 0 aliphatic carbocycles. The number of halogens is 2. The van der Waals surface area contributed by atoms with Crippen molar-refractivity contribution in [3.05, 3.63) is 51.8 Å². The molecule has 5 nitrogen and oxygen atoms in total. The Balaban J connectivity index is 0.00000312. The fourth-order valence-corrected chi connectivity index (χ4v) is 3.05. The third kappa shape index (κ3) is 5.85. The van der Waals surface area contributed by atoms with Crippen LogP contribution in [0.25, 0.3) is 5.69 Å². The quantitative estimate of drug-likeness (QED) is 0.632. The molecule has 0 saturated carbocycles. The zero-order valence-corrected chi connectivity index (χ0v) is 17.2. The lowest BCUT2D eigenvalue weighted by Crippen LogP contribution is -2.33. The highest BCUT2D eigenvalue weighted by Gasteiger charge is 2.16. The largest absolute Gasteiger partial charge is 0.383 e. The molecule has 2 N–H and O–H groups in total. The molecule has 1 aromatic carbocycles. The zero-order chi connectivity index (χ0) is 17.5. The summed E-state index contributed by atoms with van der Waals surface area (Å²) in [5.41, 5.74) is 3.73. The molecule has 0 aliphatic rings. The van der Waals surface area contributed by atoms with E-state index in [2.05, 4.69) is 31.1 Å². The molecule has 0 spiro atoms. The number of methoxy groups -OCH3 is 1. The fraction of sp³-hybridized carbons (Fsp3) is 0.389. The van der Waals surface area contributed by atoms with Crippen LogP contribution in [0.4, 0.5) is 0 Å². The van der Waals surface area contributed by atoms with Gasteiger partial charge in [-0.3, -0.25) is 4.79 Å². The highest BCUT2D eigenvalue weighted by molar-refractivity contribution is 9.10. The first kappa shape index (κ1) is 21.7. The van der Waals surface area contributed by atoms with Gasteiger partial charge in [0.05, 0.1) is 12.2 Å². The number of nitrogens with zero attached hydrogens (tertiary/aromatic N) is 1. The van der Waals surface area contributed by atoms with Gasteiger partial charge in [0.25, 0.3) is 5.91 Å². The second-order valence-corrected chi connectivity index (χ2v) is 6.51. The van der Waals surface area contributed by atoms with Crippen LogP contribution in [0.2, 0.25) is 0 Å². The molecule has 1 amide bonds. The summed E-state index contributed by atoms with van der Waals surface area (Å²) in [6.45, 7) is 6.74. The fourth-order valence-electron chi connectivity index (χ4n) is 2.66. The topological polar surface area (TPSA) is 55.3 Å². The van der Waals surface area contributed by atoms with Crippen LogP contribution in [0.3, 0.4) is 0 Å². The third-order valence-corrected chi connectivity index (χ3v) is 4.31. The van der Waals surface area contributed by atoms with Crippen LogP contribution < -0.4 is 10.6 Å². The molecule has 0 radical (unpaired) electrons. The van der Waals surface area contributed by atoms with Crippen molar-refractivity contribution in [2.75, 3.05) is 33.4 Å². The predicted octanol–water partition coefficient (Wildman–Crippen LogP) is 3.24. The van der Waals surface area contributed by atoms with Crippen LogP contribution in [0, 0.1) is 13.8 Å². The first-order valence-electron chi connectivity index (χ1n) is 7.97. The summed E-state index contributed by atoms with van der Waals surface area (Å²) in [4.78, 5) is 12.4. The Hall–Kier alpha value is -1.34. The number of ether oxygens (including phenoxy) is 1. The molecule has 138 valence electrons. The SMILES string of the molecule is COCCNCCNC(=O)c1cc(C)n(-c2cccc(Br)c2)c1C.Cl. The van der Waals surface area contributed by atoms with Gasteiger partial charge in [-0.15, -0.1) is 12.4 Å². The van der Waals surface area contributed by atoms with Crippen LogP contribution >= 0.6 is 28.3 Å². The van der Waals surface area contributed by atoms with E-state index in [4.69, 9.17) is 4.74 Å². The minimum atomic E-state index is -0.0436. The molecule has 0 bridgehead atoms. The van der Waals surface area contributed by atoms with Crippen molar-refractivity contribution < 1.29 is 9.53 Å². The molecule has 0 fully saturated rings. The lowest BCUT2D eigenvalue weighted by Gasteiger charge is -2.11. The van der Waals surface area contributed by atoms with Gasteiger partial charge < -0.3 is 19.9 Å². The second kappa shape index (κ2) is 10.6. The average Bonchev–Trinajstić information content (AvgIpc) is 2.85. The summed E-state index contributed by atoms with van der Waals surface area (Å²) in [5, 5.41) is 6.16. The van der Waals surface area contributed by atoms with Gasteiger partial charge in [-0.2, -0.15) is 0 Å². The lowest BCUT2D eigenvalue weighted by atomic mass is 10.2. The van der Waals surface area contributed by atoms with Gasteiger partial charge in [-0.25, -0.2) is 0 Å². The van der Waals surface area contributed by atoms with Gasteiger partial charge in [-0.05, 0) is 38.1 Å². The highest BCUT2D eigenvalue weighted by Crippen LogP contribution is 2.23. The van der Waals surface area contributed by atoms with Crippen molar-refractivity contribution in [1.29, 1.82) is 0 Å². The molecule has 1 heterocycles. The molecule has 7 heteroatoms. The Morgan fingerprint density at radius 2 is 1.96 bits per heavy atom. The van der Waals surface area contributed by atoms with Crippen molar-refractivity contribution in [2.24, 2.45) is 0 Å². The van der Waals surface area contributed by atoms with Crippen molar-refractivity contribution in [2.45, 2.75) is 13.8 Å². The second-order valence-electron chi connectivity index (χ2n) is 5.60. The molecule has 0 aliphatic heterocycles. The standard InChI is InChI=1S/C18H24BrN3O2.ClH/c1-13-11-17(18(23)21-8-7-20-9-10-24-3)14(2)22(13)16-6-4-5-15(19)12-16;/h4-6,11-12,20H,7-10H2,1-3H3,(H,21,23);1H. The van der Waals surface area contributed by atoms with Crippen LogP contribution in [0.1, 0.15) is 21.7 Å². The number of carbonyl (C=O) groups excluding carboxylic acids is 1. The van der Waals surface area contributed by atoms with Crippen molar-refractivity contribution in [1.82, 2.24) is 15.2 Å². The minimum Gasteiger partial charge on any atom is -0.383 e. The van der Waals surface area contributed by atoms with Crippen LogP contribution in [-0.4, -0.2) is 43.8 Å². The Morgan fingerprint density at radius 3 is 2.64 bits per heavy atom.